The predicted octanol–water partition coefficient (Wildman–Crippen LogP) is 1.65. The summed E-state index contributed by atoms with van der Waals surface area (Å²) in [5, 5.41) is 17.0. The van der Waals surface area contributed by atoms with Crippen LogP contribution in [0.2, 0.25) is 0 Å². The van der Waals surface area contributed by atoms with Crippen molar-refractivity contribution in [3.05, 3.63) is 16.4 Å². The number of nitrogens with zero attached hydrogens (tertiary/aromatic N) is 3. The van der Waals surface area contributed by atoms with E-state index in [9.17, 15) is 10.1 Å². The van der Waals surface area contributed by atoms with Crippen molar-refractivity contribution in [3.8, 4) is 0 Å². The molecular weight excluding hydrogens is 250 g/mol. The Kier molecular flexibility index (Phi) is 5.94. The van der Waals surface area contributed by atoms with Gasteiger partial charge in [0.15, 0.2) is 0 Å². The molecule has 0 spiro atoms. The largest absolute Gasteiger partial charge is 0.383 e. The molecule has 0 fully saturated rings. The molecule has 0 aliphatic heterocycles. The minimum Gasteiger partial charge on any atom is -0.383 e. The number of methoxy groups -OCH3 is 1. The Morgan fingerprint density at radius 3 is 2.63 bits per heavy atom. The van der Waals surface area contributed by atoms with Crippen LogP contribution >= 0.6 is 0 Å². The first-order valence-corrected chi connectivity index (χ1v) is 6.12. The number of hydrogen-bond acceptors (Lipinski definition) is 7. The summed E-state index contributed by atoms with van der Waals surface area (Å²) < 4.78 is 5.05. The van der Waals surface area contributed by atoms with Gasteiger partial charge in [0, 0.05) is 13.7 Å². The molecule has 0 saturated heterocycles. The fraction of sp³-hybridized carbons (Fsp3) is 0.636. The Hall–Kier alpha value is -1.96. The lowest BCUT2D eigenvalue weighted by Gasteiger charge is -2.16. The van der Waals surface area contributed by atoms with Gasteiger partial charge in [0.25, 0.3) is 0 Å². The molecule has 0 saturated carbocycles. The first-order chi connectivity index (χ1) is 9.13. The van der Waals surface area contributed by atoms with Crippen molar-refractivity contribution in [2.45, 2.75) is 26.3 Å². The summed E-state index contributed by atoms with van der Waals surface area (Å²) in [7, 11) is 1.59. The molecule has 1 rings (SSSR count). The zero-order chi connectivity index (χ0) is 14.3. The van der Waals surface area contributed by atoms with E-state index in [1.807, 2.05) is 13.8 Å². The summed E-state index contributed by atoms with van der Waals surface area (Å²) in [5.74, 6) is 0.428. The van der Waals surface area contributed by atoms with Crippen LogP contribution in [0.25, 0.3) is 0 Å². The second kappa shape index (κ2) is 7.47. The maximum absolute atomic E-state index is 11.2. The van der Waals surface area contributed by atoms with E-state index in [1.165, 1.54) is 6.33 Å². The lowest BCUT2D eigenvalue weighted by atomic mass is 10.2. The molecular formula is C11H19N5O3. The van der Waals surface area contributed by atoms with Crippen molar-refractivity contribution in [2.24, 2.45) is 0 Å². The number of ether oxygens (including phenoxy) is 1. The molecule has 0 aliphatic rings. The van der Waals surface area contributed by atoms with E-state index in [1.54, 1.807) is 7.11 Å². The van der Waals surface area contributed by atoms with Crippen LogP contribution in [0.5, 0.6) is 0 Å². The number of aromatic nitrogens is 2. The van der Waals surface area contributed by atoms with Crippen LogP contribution in [0.15, 0.2) is 6.33 Å². The van der Waals surface area contributed by atoms with E-state index in [4.69, 9.17) is 4.74 Å². The van der Waals surface area contributed by atoms with E-state index in [-0.39, 0.29) is 23.4 Å². The topological polar surface area (TPSA) is 102 Å². The molecule has 1 atom stereocenters. The van der Waals surface area contributed by atoms with Gasteiger partial charge in [-0.15, -0.1) is 0 Å². The van der Waals surface area contributed by atoms with Crippen LogP contribution < -0.4 is 10.6 Å². The molecule has 0 aromatic carbocycles. The summed E-state index contributed by atoms with van der Waals surface area (Å²) in [4.78, 5) is 18.5. The molecule has 1 heterocycles. The van der Waals surface area contributed by atoms with Gasteiger partial charge in [0.2, 0.25) is 11.6 Å². The van der Waals surface area contributed by atoms with Gasteiger partial charge in [-0.1, -0.05) is 6.92 Å². The molecule has 106 valence electrons. The minimum absolute atomic E-state index is 0.0342. The van der Waals surface area contributed by atoms with Crippen LogP contribution in [0.3, 0.4) is 0 Å². The summed E-state index contributed by atoms with van der Waals surface area (Å²) in [6.07, 6.45) is 2.07. The van der Waals surface area contributed by atoms with Gasteiger partial charge >= 0.3 is 5.69 Å². The Balaban J connectivity index is 3.04. The normalized spacial score (nSPS) is 11.9. The average Bonchev–Trinajstić information content (AvgIpc) is 2.38. The van der Waals surface area contributed by atoms with Crippen molar-refractivity contribution < 1.29 is 9.66 Å². The average molecular weight is 269 g/mol. The lowest BCUT2D eigenvalue weighted by Crippen LogP contribution is -2.25. The van der Waals surface area contributed by atoms with Gasteiger partial charge in [-0.3, -0.25) is 10.1 Å². The van der Waals surface area contributed by atoms with Crippen molar-refractivity contribution in [3.63, 3.8) is 0 Å². The van der Waals surface area contributed by atoms with Crippen molar-refractivity contribution >= 4 is 17.3 Å². The van der Waals surface area contributed by atoms with Crippen LogP contribution in [0.1, 0.15) is 20.3 Å². The molecule has 0 radical (unpaired) electrons. The molecule has 1 unspecified atom stereocenters. The highest BCUT2D eigenvalue weighted by atomic mass is 16.6. The van der Waals surface area contributed by atoms with Gasteiger partial charge in [0.1, 0.15) is 6.33 Å². The third-order valence-corrected chi connectivity index (χ3v) is 2.55. The summed E-state index contributed by atoms with van der Waals surface area (Å²) in [5.41, 5.74) is -0.140. The second-order valence-electron chi connectivity index (χ2n) is 3.91. The maximum Gasteiger partial charge on any atom is 0.353 e. The summed E-state index contributed by atoms with van der Waals surface area (Å²) >= 11 is 0. The minimum atomic E-state index is -0.486. The number of anilines is 2. The Morgan fingerprint density at radius 2 is 2.11 bits per heavy atom. The molecule has 19 heavy (non-hydrogen) atoms. The molecule has 0 aliphatic carbocycles. The Morgan fingerprint density at radius 1 is 1.42 bits per heavy atom. The fourth-order valence-electron chi connectivity index (χ4n) is 1.61. The SMILES string of the molecule is CCNc1ncnc(NC(CC)COC)c1[N+](=O)[O-]. The highest BCUT2D eigenvalue weighted by molar-refractivity contribution is 5.69. The molecule has 0 bridgehead atoms. The second-order valence-corrected chi connectivity index (χ2v) is 3.91. The van der Waals surface area contributed by atoms with Gasteiger partial charge in [-0.25, -0.2) is 9.97 Å². The van der Waals surface area contributed by atoms with Crippen molar-refractivity contribution in [2.75, 3.05) is 30.9 Å². The monoisotopic (exact) mass is 269 g/mol. The molecule has 1 aromatic heterocycles. The van der Waals surface area contributed by atoms with Crippen LogP contribution in [-0.2, 0) is 4.74 Å². The Bertz CT molecular complexity index is 427. The van der Waals surface area contributed by atoms with E-state index in [0.717, 1.165) is 6.42 Å². The van der Waals surface area contributed by atoms with E-state index in [0.29, 0.717) is 13.2 Å². The van der Waals surface area contributed by atoms with Crippen LogP contribution in [0, 0.1) is 10.1 Å². The zero-order valence-electron chi connectivity index (χ0n) is 11.3. The number of hydrogen-bond donors (Lipinski definition) is 2. The van der Waals surface area contributed by atoms with E-state index < -0.39 is 4.92 Å². The van der Waals surface area contributed by atoms with E-state index in [2.05, 4.69) is 20.6 Å². The molecule has 0 amide bonds. The van der Waals surface area contributed by atoms with Gasteiger partial charge in [-0.05, 0) is 13.3 Å². The highest BCUT2D eigenvalue weighted by Crippen LogP contribution is 2.29. The molecule has 8 nitrogen and oxygen atoms in total. The number of nitrogens with one attached hydrogen (secondary N) is 2. The molecule has 8 heteroatoms. The van der Waals surface area contributed by atoms with E-state index >= 15 is 0 Å². The quantitative estimate of drug-likeness (QED) is 0.546. The van der Waals surface area contributed by atoms with Crippen LogP contribution in [0.4, 0.5) is 17.3 Å². The maximum atomic E-state index is 11.2. The Labute approximate surface area is 111 Å². The molecule has 1 aromatic rings. The number of nitro groups is 1. The smallest absolute Gasteiger partial charge is 0.353 e. The third-order valence-electron chi connectivity index (χ3n) is 2.55. The first-order valence-electron chi connectivity index (χ1n) is 6.12. The predicted molar refractivity (Wildman–Crippen MR) is 72.4 cm³/mol. The highest BCUT2D eigenvalue weighted by Gasteiger charge is 2.23. The standard InChI is InChI=1S/C11H19N5O3/c1-4-8(6-19-3)15-11-9(16(17)18)10(12-5-2)13-7-14-11/h7-8H,4-6H2,1-3H3,(H2,12,13,14,15). The molecule has 2 N–H and O–H groups in total. The summed E-state index contributed by atoms with van der Waals surface area (Å²) in [6.45, 7) is 4.81. The summed E-state index contributed by atoms with van der Waals surface area (Å²) in [6, 6.07) is -0.0342. The van der Waals surface area contributed by atoms with Crippen molar-refractivity contribution in [1.29, 1.82) is 0 Å². The number of rotatable bonds is 8. The van der Waals surface area contributed by atoms with Crippen LogP contribution in [-0.4, -0.2) is 41.2 Å². The third kappa shape index (κ3) is 4.02. The zero-order valence-corrected chi connectivity index (χ0v) is 11.3. The fourth-order valence-corrected chi connectivity index (χ4v) is 1.61. The van der Waals surface area contributed by atoms with Gasteiger partial charge in [-0.2, -0.15) is 0 Å². The van der Waals surface area contributed by atoms with Gasteiger partial charge in [0.05, 0.1) is 17.6 Å². The lowest BCUT2D eigenvalue weighted by molar-refractivity contribution is -0.383. The van der Waals surface area contributed by atoms with Gasteiger partial charge < -0.3 is 15.4 Å². The first kappa shape index (κ1) is 15.1. The van der Waals surface area contributed by atoms with Crippen molar-refractivity contribution in [1.82, 2.24) is 9.97 Å².